The van der Waals surface area contributed by atoms with Gasteiger partial charge in [0.2, 0.25) is 0 Å². The second kappa shape index (κ2) is 9.39. The van der Waals surface area contributed by atoms with E-state index in [0.717, 1.165) is 16.8 Å². The summed E-state index contributed by atoms with van der Waals surface area (Å²) in [5, 5.41) is 0. The number of hydrogen-bond donors (Lipinski definition) is 0. The van der Waals surface area contributed by atoms with Crippen LogP contribution in [0.5, 0.6) is 0 Å². The Bertz CT molecular complexity index is 1770. The van der Waals surface area contributed by atoms with Gasteiger partial charge in [-0.15, -0.1) is 0 Å². The zero-order valence-corrected chi connectivity index (χ0v) is 22.9. The van der Waals surface area contributed by atoms with Gasteiger partial charge in [-0.25, -0.2) is 0 Å². The van der Waals surface area contributed by atoms with E-state index in [0.29, 0.717) is 0 Å². The number of aryl methyl sites for hydroxylation is 1. The molecule has 5 aromatic rings. The van der Waals surface area contributed by atoms with Gasteiger partial charge in [0.05, 0.1) is 16.8 Å². The third kappa shape index (κ3) is 3.34. The molecule has 2 aliphatic rings. The maximum Gasteiger partial charge on any atom is 0.0760 e. The Balaban J connectivity index is 1.64. The lowest BCUT2D eigenvalue weighted by Crippen LogP contribution is -2.37. The maximum absolute atomic E-state index is 4.82. The summed E-state index contributed by atoms with van der Waals surface area (Å²) >= 11 is 0. The quantitative estimate of drug-likeness (QED) is 0.231. The molecule has 0 amide bonds. The summed E-state index contributed by atoms with van der Waals surface area (Å²) in [6, 6.07) is 46.3. The molecule has 0 saturated carbocycles. The number of fused-ring (bicyclic) bond motifs is 6. The minimum atomic E-state index is -0.522. The van der Waals surface area contributed by atoms with Crippen molar-refractivity contribution in [2.45, 2.75) is 19.3 Å². The summed E-state index contributed by atoms with van der Waals surface area (Å²) in [5.41, 5.74) is 14.1. The van der Waals surface area contributed by atoms with Crippen LogP contribution >= 0.6 is 0 Å². The average Bonchev–Trinajstić information content (AvgIpc) is 3.29. The molecule has 7 rings (SSSR count). The maximum atomic E-state index is 4.82. The zero-order valence-electron chi connectivity index (χ0n) is 22.9. The van der Waals surface area contributed by atoms with Crippen molar-refractivity contribution in [3.05, 3.63) is 185 Å². The van der Waals surface area contributed by atoms with E-state index < -0.39 is 5.41 Å². The van der Waals surface area contributed by atoms with Crippen LogP contribution < -0.4 is 4.90 Å². The lowest BCUT2D eigenvalue weighted by atomic mass is 9.62. The predicted molar refractivity (Wildman–Crippen MR) is 169 cm³/mol. The smallest absolute Gasteiger partial charge is 0.0760 e. The van der Waals surface area contributed by atoms with Crippen molar-refractivity contribution < 1.29 is 0 Å². The van der Waals surface area contributed by atoms with Gasteiger partial charge in [-0.05, 0) is 82.6 Å². The highest BCUT2D eigenvalue weighted by Gasteiger charge is 2.53. The summed E-state index contributed by atoms with van der Waals surface area (Å²) in [4.78, 5) is 2.42. The summed E-state index contributed by atoms with van der Waals surface area (Å²) < 4.78 is 0. The van der Waals surface area contributed by atoms with Crippen molar-refractivity contribution in [2.75, 3.05) is 4.90 Å². The second-order valence-electron chi connectivity index (χ2n) is 10.6. The molecule has 0 radical (unpaired) electrons. The van der Waals surface area contributed by atoms with Crippen LogP contribution in [0, 0.1) is 6.92 Å². The first-order valence-electron chi connectivity index (χ1n) is 13.9. The van der Waals surface area contributed by atoms with Crippen LogP contribution in [-0.4, -0.2) is 0 Å². The molecule has 1 aliphatic heterocycles. The fourth-order valence-electron chi connectivity index (χ4n) is 6.81. The average molecular weight is 514 g/mol. The standard InChI is InChI=1S/C39H31N/c1-4-14-32-31-17-8-9-18-33(31)39(38(32)28(3)29-25-23-27(2)24-26-29)34-19-10-12-21-36(34)40(30-15-6-5-7-16-30)37-22-13-11-20-35(37)39/h4-26H,3H2,1-2H3/b14-4-. The summed E-state index contributed by atoms with van der Waals surface area (Å²) in [6.07, 6.45) is 4.43. The molecule has 1 nitrogen and oxygen atoms in total. The minimum Gasteiger partial charge on any atom is -0.310 e. The fraction of sp³-hybridized carbons (Fsp3) is 0.0769. The Hall–Kier alpha value is -4.88. The van der Waals surface area contributed by atoms with Gasteiger partial charge in [0.1, 0.15) is 0 Å². The molecule has 1 heterocycles. The van der Waals surface area contributed by atoms with E-state index in [-0.39, 0.29) is 0 Å². The highest BCUT2D eigenvalue weighted by Crippen LogP contribution is 2.64. The van der Waals surface area contributed by atoms with Crippen LogP contribution in [-0.2, 0) is 5.41 Å². The van der Waals surface area contributed by atoms with Crippen molar-refractivity contribution in [1.82, 2.24) is 0 Å². The van der Waals surface area contributed by atoms with Gasteiger partial charge in [-0.1, -0.05) is 127 Å². The molecule has 0 unspecified atom stereocenters. The number of benzene rings is 5. The van der Waals surface area contributed by atoms with E-state index in [2.05, 4.69) is 158 Å². The highest BCUT2D eigenvalue weighted by molar-refractivity contribution is 6.05. The Labute approximate surface area is 237 Å². The molecule has 1 heteroatoms. The molecule has 0 saturated heterocycles. The number of anilines is 3. The molecule has 1 aliphatic carbocycles. The van der Waals surface area contributed by atoms with Gasteiger partial charge in [0, 0.05) is 5.69 Å². The van der Waals surface area contributed by atoms with Crippen molar-refractivity contribution in [3.8, 4) is 0 Å². The van der Waals surface area contributed by atoms with Crippen molar-refractivity contribution in [2.24, 2.45) is 0 Å². The van der Waals surface area contributed by atoms with E-state index in [1.54, 1.807) is 0 Å². The Morgan fingerprint density at radius 3 is 1.82 bits per heavy atom. The predicted octanol–water partition coefficient (Wildman–Crippen LogP) is 10.2. The fourth-order valence-corrected chi connectivity index (χ4v) is 6.81. The molecular formula is C39H31N. The van der Waals surface area contributed by atoms with Gasteiger partial charge in [-0.2, -0.15) is 0 Å². The molecule has 5 aromatic carbocycles. The van der Waals surface area contributed by atoms with Crippen molar-refractivity contribution >= 4 is 28.2 Å². The molecule has 192 valence electrons. The second-order valence-corrected chi connectivity index (χ2v) is 10.6. The van der Waals surface area contributed by atoms with E-state index >= 15 is 0 Å². The van der Waals surface area contributed by atoms with Crippen LogP contribution in [0.25, 0.3) is 11.1 Å². The lowest BCUT2D eigenvalue weighted by Gasteiger charge is -2.46. The first-order valence-corrected chi connectivity index (χ1v) is 13.9. The number of allylic oxidation sites excluding steroid dienone is 5. The molecule has 0 fully saturated rings. The monoisotopic (exact) mass is 513 g/mol. The van der Waals surface area contributed by atoms with Gasteiger partial charge in [-0.3, -0.25) is 0 Å². The first kappa shape index (κ1) is 24.2. The summed E-state index contributed by atoms with van der Waals surface area (Å²) in [6.45, 7) is 9.06. The van der Waals surface area contributed by atoms with Crippen LogP contribution in [0.4, 0.5) is 17.1 Å². The normalized spacial score (nSPS) is 14.8. The van der Waals surface area contributed by atoms with E-state index in [9.17, 15) is 0 Å². The van der Waals surface area contributed by atoms with E-state index in [1.165, 1.54) is 50.3 Å². The molecule has 40 heavy (non-hydrogen) atoms. The Morgan fingerprint density at radius 2 is 1.20 bits per heavy atom. The molecular weight excluding hydrogens is 482 g/mol. The highest BCUT2D eigenvalue weighted by atomic mass is 15.2. The molecule has 0 atom stereocenters. The third-order valence-corrected chi connectivity index (χ3v) is 8.41. The largest absolute Gasteiger partial charge is 0.310 e. The van der Waals surface area contributed by atoms with Gasteiger partial charge < -0.3 is 4.90 Å². The molecule has 0 aromatic heterocycles. The minimum absolute atomic E-state index is 0.522. The molecule has 0 bridgehead atoms. The Morgan fingerprint density at radius 1 is 0.650 bits per heavy atom. The van der Waals surface area contributed by atoms with Crippen LogP contribution in [0.3, 0.4) is 0 Å². The molecule has 1 spiro atoms. The van der Waals surface area contributed by atoms with Crippen LogP contribution in [0.2, 0.25) is 0 Å². The topological polar surface area (TPSA) is 3.24 Å². The van der Waals surface area contributed by atoms with Crippen LogP contribution in [0.15, 0.2) is 152 Å². The SMILES string of the molecule is C=C(C1=C(/C=C\C)c2ccccc2C12c1ccccc1N(c1ccccc1)c1ccccc12)c1ccc(C)cc1. The Kier molecular flexibility index (Phi) is 5.68. The van der Waals surface area contributed by atoms with Gasteiger partial charge in [0.25, 0.3) is 0 Å². The van der Waals surface area contributed by atoms with Crippen molar-refractivity contribution in [1.29, 1.82) is 0 Å². The van der Waals surface area contributed by atoms with Gasteiger partial charge >= 0.3 is 0 Å². The number of nitrogens with zero attached hydrogens (tertiary/aromatic N) is 1. The van der Waals surface area contributed by atoms with Gasteiger partial charge in [0.15, 0.2) is 0 Å². The lowest BCUT2D eigenvalue weighted by molar-refractivity contribution is 0.750. The number of para-hydroxylation sites is 3. The number of rotatable bonds is 4. The van der Waals surface area contributed by atoms with E-state index in [4.69, 9.17) is 6.58 Å². The third-order valence-electron chi connectivity index (χ3n) is 8.41. The van der Waals surface area contributed by atoms with Crippen molar-refractivity contribution in [3.63, 3.8) is 0 Å². The zero-order chi connectivity index (χ0) is 27.3. The summed E-state index contributed by atoms with van der Waals surface area (Å²) in [5.74, 6) is 0. The van der Waals surface area contributed by atoms with Crippen LogP contribution in [0.1, 0.15) is 40.3 Å². The molecule has 0 N–H and O–H groups in total. The summed E-state index contributed by atoms with van der Waals surface area (Å²) in [7, 11) is 0. The van der Waals surface area contributed by atoms with E-state index in [1.807, 2.05) is 0 Å². The first-order chi connectivity index (χ1) is 19.7. The number of hydrogen-bond acceptors (Lipinski definition) is 1.